The van der Waals surface area contributed by atoms with Crippen molar-refractivity contribution < 1.29 is 18.7 Å². The van der Waals surface area contributed by atoms with Crippen molar-refractivity contribution in [1.29, 1.82) is 0 Å². The largest absolute Gasteiger partial charge is 0.478 e. The molecule has 0 saturated heterocycles. The Morgan fingerprint density at radius 2 is 1.72 bits per heavy atom. The highest BCUT2D eigenvalue weighted by Gasteiger charge is 2.12. The van der Waals surface area contributed by atoms with Crippen LogP contribution in [0.2, 0.25) is 0 Å². The van der Waals surface area contributed by atoms with Crippen LogP contribution in [-0.2, 0) is 0 Å². The Morgan fingerprint density at radius 1 is 1.11 bits per heavy atom. The summed E-state index contributed by atoms with van der Waals surface area (Å²) in [6, 6.07) is 7.77. The molecule has 18 heavy (non-hydrogen) atoms. The average Bonchev–Trinajstić information content (AvgIpc) is 2.27. The molecule has 0 amide bonds. The number of hydrogen-bond donors (Lipinski definition) is 1. The van der Waals surface area contributed by atoms with Gasteiger partial charge in [0.1, 0.15) is 11.6 Å². The molecule has 0 saturated carbocycles. The molecule has 0 unspecified atom stereocenters. The molecule has 1 N–H and O–H groups in total. The molecule has 0 aliphatic heterocycles. The lowest BCUT2D eigenvalue weighted by Crippen LogP contribution is -2.00. The highest BCUT2D eigenvalue weighted by atomic mass is 19.1. The van der Waals surface area contributed by atoms with Gasteiger partial charge in [-0.05, 0) is 41.8 Å². The van der Waals surface area contributed by atoms with Crippen molar-refractivity contribution in [3.8, 4) is 11.1 Å². The van der Waals surface area contributed by atoms with Gasteiger partial charge in [-0.2, -0.15) is 0 Å². The molecule has 2 aromatic carbocycles. The van der Waals surface area contributed by atoms with Gasteiger partial charge < -0.3 is 5.11 Å². The maximum atomic E-state index is 13.1. The molecule has 0 aliphatic carbocycles. The molecule has 0 heterocycles. The van der Waals surface area contributed by atoms with E-state index in [-0.39, 0.29) is 5.56 Å². The highest BCUT2D eigenvalue weighted by Crippen LogP contribution is 2.27. The van der Waals surface area contributed by atoms with Gasteiger partial charge in [0.05, 0.1) is 5.56 Å². The van der Waals surface area contributed by atoms with E-state index in [1.807, 2.05) is 0 Å². The van der Waals surface area contributed by atoms with Gasteiger partial charge in [-0.1, -0.05) is 12.1 Å². The molecule has 4 heteroatoms. The summed E-state index contributed by atoms with van der Waals surface area (Å²) < 4.78 is 26.3. The summed E-state index contributed by atoms with van der Waals surface area (Å²) in [4.78, 5) is 11.0. The van der Waals surface area contributed by atoms with E-state index in [0.717, 1.165) is 6.07 Å². The molecule has 2 nitrogen and oxygen atoms in total. The zero-order valence-electron chi connectivity index (χ0n) is 9.58. The van der Waals surface area contributed by atoms with Gasteiger partial charge in [0, 0.05) is 6.07 Å². The zero-order chi connectivity index (χ0) is 13.3. The van der Waals surface area contributed by atoms with E-state index in [9.17, 15) is 13.6 Å². The Labute approximate surface area is 103 Å². The van der Waals surface area contributed by atoms with Crippen molar-refractivity contribution in [3.05, 3.63) is 59.2 Å². The van der Waals surface area contributed by atoms with E-state index in [0.29, 0.717) is 16.7 Å². The summed E-state index contributed by atoms with van der Waals surface area (Å²) in [6.07, 6.45) is 0. The molecule has 0 aliphatic rings. The topological polar surface area (TPSA) is 37.3 Å². The Hall–Kier alpha value is -2.23. The number of carbonyl (C=O) groups is 1. The van der Waals surface area contributed by atoms with Gasteiger partial charge in [0.15, 0.2) is 0 Å². The molecule has 0 atom stereocenters. The summed E-state index contributed by atoms with van der Waals surface area (Å²) >= 11 is 0. The number of hydrogen-bond acceptors (Lipinski definition) is 1. The molecule has 92 valence electrons. The number of carboxylic acid groups (broad SMARTS) is 1. The molecular weight excluding hydrogens is 238 g/mol. The summed E-state index contributed by atoms with van der Waals surface area (Å²) in [5.41, 5.74) is 1.44. The average molecular weight is 248 g/mol. The van der Waals surface area contributed by atoms with Crippen LogP contribution in [-0.4, -0.2) is 11.1 Å². The minimum atomic E-state index is -1.06. The van der Waals surface area contributed by atoms with Gasteiger partial charge in [-0.25, -0.2) is 13.6 Å². The highest BCUT2D eigenvalue weighted by molar-refractivity contribution is 5.92. The van der Waals surface area contributed by atoms with Crippen LogP contribution < -0.4 is 0 Å². The third kappa shape index (κ3) is 2.22. The number of aromatic carboxylic acids is 1. The smallest absolute Gasteiger partial charge is 0.335 e. The van der Waals surface area contributed by atoms with E-state index in [4.69, 9.17) is 5.11 Å². The molecule has 0 aromatic heterocycles. The third-order valence-corrected chi connectivity index (χ3v) is 2.74. The molecule has 0 bridgehead atoms. The quantitative estimate of drug-likeness (QED) is 0.880. The van der Waals surface area contributed by atoms with Gasteiger partial charge in [-0.3, -0.25) is 0 Å². The second-order valence-electron chi connectivity index (χ2n) is 3.94. The van der Waals surface area contributed by atoms with E-state index in [1.54, 1.807) is 19.1 Å². The minimum absolute atomic E-state index is 0.122. The fourth-order valence-electron chi connectivity index (χ4n) is 1.89. The lowest BCUT2D eigenvalue weighted by atomic mass is 9.96. The molecule has 0 radical (unpaired) electrons. The lowest BCUT2D eigenvalue weighted by molar-refractivity contribution is 0.0696. The summed E-state index contributed by atoms with van der Waals surface area (Å²) in [5, 5.41) is 9.00. The first-order valence-corrected chi connectivity index (χ1v) is 5.28. The van der Waals surface area contributed by atoms with Crippen LogP contribution in [0.15, 0.2) is 36.4 Å². The van der Waals surface area contributed by atoms with Crippen LogP contribution in [0, 0.1) is 18.6 Å². The molecule has 2 rings (SSSR count). The zero-order valence-corrected chi connectivity index (χ0v) is 9.58. The fraction of sp³-hybridized carbons (Fsp3) is 0.0714. The SMILES string of the molecule is Cc1c(C(=O)O)cccc1-c1cc(F)cc(F)c1. The first kappa shape index (κ1) is 12.2. The lowest BCUT2D eigenvalue weighted by Gasteiger charge is -2.09. The van der Waals surface area contributed by atoms with E-state index in [1.165, 1.54) is 18.2 Å². The standard InChI is InChI=1S/C14H10F2O2/c1-8-12(3-2-4-13(8)14(17)18)9-5-10(15)7-11(16)6-9/h2-7H,1H3,(H,17,18). The van der Waals surface area contributed by atoms with Crippen molar-refractivity contribution in [2.45, 2.75) is 6.92 Å². The number of halogens is 2. The summed E-state index contributed by atoms with van der Waals surface area (Å²) in [7, 11) is 0. The Balaban J connectivity index is 2.64. The summed E-state index contributed by atoms with van der Waals surface area (Å²) in [6.45, 7) is 1.61. The van der Waals surface area contributed by atoms with E-state index >= 15 is 0 Å². The third-order valence-electron chi connectivity index (χ3n) is 2.74. The van der Waals surface area contributed by atoms with Crippen molar-refractivity contribution in [2.24, 2.45) is 0 Å². The Morgan fingerprint density at radius 3 is 2.28 bits per heavy atom. The van der Waals surface area contributed by atoms with Gasteiger partial charge in [-0.15, -0.1) is 0 Å². The van der Waals surface area contributed by atoms with Crippen molar-refractivity contribution >= 4 is 5.97 Å². The van der Waals surface area contributed by atoms with Gasteiger partial charge >= 0.3 is 5.97 Å². The second-order valence-corrected chi connectivity index (χ2v) is 3.94. The first-order chi connectivity index (χ1) is 8.49. The molecule has 2 aromatic rings. The van der Waals surface area contributed by atoms with Crippen molar-refractivity contribution in [3.63, 3.8) is 0 Å². The molecular formula is C14H10F2O2. The number of carboxylic acids is 1. The minimum Gasteiger partial charge on any atom is -0.478 e. The summed E-state index contributed by atoms with van der Waals surface area (Å²) in [5.74, 6) is -2.44. The normalized spacial score (nSPS) is 10.4. The van der Waals surface area contributed by atoms with Crippen molar-refractivity contribution in [1.82, 2.24) is 0 Å². The second kappa shape index (κ2) is 4.56. The van der Waals surface area contributed by atoms with Crippen LogP contribution in [0.25, 0.3) is 11.1 Å². The molecule has 0 spiro atoms. The number of rotatable bonds is 2. The van der Waals surface area contributed by atoms with Crippen LogP contribution in [0.5, 0.6) is 0 Å². The maximum Gasteiger partial charge on any atom is 0.335 e. The molecule has 0 fully saturated rings. The van der Waals surface area contributed by atoms with Crippen LogP contribution in [0.3, 0.4) is 0 Å². The van der Waals surface area contributed by atoms with Crippen LogP contribution in [0.1, 0.15) is 15.9 Å². The fourth-order valence-corrected chi connectivity index (χ4v) is 1.89. The van der Waals surface area contributed by atoms with E-state index < -0.39 is 17.6 Å². The monoisotopic (exact) mass is 248 g/mol. The van der Waals surface area contributed by atoms with Crippen LogP contribution in [0.4, 0.5) is 8.78 Å². The van der Waals surface area contributed by atoms with Gasteiger partial charge in [0.2, 0.25) is 0 Å². The van der Waals surface area contributed by atoms with Crippen LogP contribution >= 0.6 is 0 Å². The first-order valence-electron chi connectivity index (χ1n) is 5.28. The van der Waals surface area contributed by atoms with Crippen molar-refractivity contribution in [2.75, 3.05) is 0 Å². The Bertz CT molecular complexity index is 601. The Kier molecular flexibility index (Phi) is 3.10. The van der Waals surface area contributed by atoms with E-state index in [2.05, 4.69) is 0 Å². The van der Waals surface area contributed by atoms with Gasteiger partial charge in [0.25, 0.3) is 0 Å². The predicted molar refractivity (Wildman–Crippen MR) is 63.5 cm³/mol. The number of benzene rings is 2. The maximum absolute atomic E-state index is 13.1. The predicted octanol–water partition coefficient (Wildman–Crippen LogP) is 3.64.